The number of aromatic amines is 1. The fourth-order valence-corrected chi connectivity index (χ4v) is 4.41. The summed E-state index contributed by atoms with van der Waals surface area (Å²) in [5, 5.41) is 9.71. The number of aryl methyl sites for hydroxylation is 1. The molecule has 96 valence electrons. The monoisotopic (exact) mass is 246 g/mol. The molecular formula is C13H18N4O. The van der Waals surface area contributed by atoms with Crippen LogP contribution in [0, 0.1) is 36.5 Å². The van der Waals surface area contributed by atoms with Crippen molar-refractivity contribution in [2.45, 2.75) is 26.2 Å². The Morgan fingerprint density at radius 3 is 2.61 bits per heavy atom. The summed E-state index contributed by atoms with van der Waals surface area (Å²) in [6.07, 6.45) is 4.03. The third-order valence-corrected chi connectivity index (χ3v) is 5.27. The summed E-state index contributed by atoms with van der Waals surface area (Å²) >= 11 is 0. The lowest BCUT2D eigenvalue weighted by Gasteiger charge is -2.08. The van der Waals surface area contributed by atoms with E-state index in [9.17, 15) is 4.79 Å². The van der Waals surface area contributed by atoms with Crippen LogP contribution in [0.5, 0.6) is 0 Å². The number of carbonyl (C=O) groups is 1. The van der Waals surface area contributed by atoms with Crippen molar-refractivity contribution in [3.05, 3.63) is 5.69 Å². The van der Waals surface area contributed by atoms with Gasteiger partial charge in [0.2, 0.25) is 5.91 Å². The quantitative estimate of drug-likeness (QED) is 0.740. The van der Waals surface area contributed by atoms with Gasteiger partial charge >= 0.3 is 0 Å². The van der Waals surface area contributed by atoms with E-state index in [1.807, 2.05) is 6.92 Å². The summed E-state index contributed by atoms with van der Waals surface area (Å²) in [6, 6.07) is 0. The molecule has 0 spiro atoms. The third kappa shape index (κ3) is 1.22. The van der Waals surface area contributed by atoms with E-state index < -0.39 is 0 Å². The number of nitrogens with zero attached hydrogens (tertiary/aromatic N) is 1. The Morgan fingerprint density at radius 1 is 1.39 bits per heavy atom. The van der Waals surface area contributed by atoms with Crippen molar-refractivity contribution in [3.63, 3.8) is 0 Å². The highest BCUT2D eigenvalue weighted by molar-refractivity contribution is 5.96. The number of hydrogen-bond acceptors (Lipinski definition) is 3. The van der Waals surface area contributed by atoms with E-state index in [1.54, 1.807) is 0 Å². The largest absolute Gasteiger partial charge is 0.394 e. The number of H-pyrrole nitrogens is 1. The van der Waals surface area contributed by atoms with E-state index in [0.717, 1.165) is 17.5 Å². The van der Waals surface area contributed by atoms with Gasteiger partial charge in [-0.2, -0.15) is 5.10 Å². The van der Waals surface area contributed by atoms with Crippen LogP contribution in [0.4, 0.5) is 11.5 Å². The van der Waals surface area contributed by atoms with E-state index >= 15 is 0 Å². The molecule has 1 aromatic rings. The first-order valence-electron chi connectivity index (χ1n) is 6.78. The molecule has 1 amide bonds. The normalized spacial score (nSPS) is 39.7. The second-order valence-corrected chi connectivity index (χ2v) is 6.11. The molecule has 3 aliphatic carbocycles. The Morgan fingerprint density at radius 2 is 2.06 bits per heavy atom. The molecule has 4 atom stereocenters. The summed E-state index contributed by atoms with van der Waals surface area (Å²) in [6.45, 7) is 1.85. The molecule has 1 heterocycles. The molecule has 3 aliphatic rings. The van der Waals surface area contributed by atoms with Gasteiger partial charge < -0.3 is 11.1 Å². The Hall–Kier alpha value is -1.52. The highest BCUT2D eigenvalue weighted by atomic mass is 16.2. The second kappa shape index (κ2) is 3.28. The van der Waals surface area contributed by atoms with Crippen molar-refractivity contribution in [2.75, 3.05) is 11.1 Å². The van der Waals surface area contributed by atoms with E-state index in [1.165, 1.54) is 19.3 Å². The number of amides is 1. The molecule has 1 aromatic heterocycles. The van der Waals surface area contributed by atoms with Crippen LogP contribution in [0.3, 0.4) is 0 Å². The zero-order valence-electron chi connectivity index (χ0n) is 10.4. The topological polar surface area (TPSA) is 83.8 Å². The van der Waals surface area contributed by atoms with Crippen LogP contribution < -0.4 is 11.1 Å². The van der Waals surface area contributed by atoms with Crippen molar-refractivity contribution in [1.29, 1.82) is 0 Å². The molecular weight excluding hydrogens is 228 g/mol. The number of hydrogen-bond donors (Lipinski definition) is 3. The lowest BCUT2D eigenvalue weighted by atomic mass is 10.0. The average Bonchev–Trinajstić information content (AvgIpc) is 2.63. The third-order valence-electron chi connectivity index (χ3n) is 5.27. The number of carbonyl (C=O) groups excluding carboxylic acids is 1. The summed E-state index contributed by atoms with van der Waals surface area (Å²) in [4.78, 5) is 12.2. The van der Waals surface area contributed by atoms with Crippen LogP contribution in [0.1, 0.15) is 25.0 Å². The van der Waals surface area contributed by atoms with Crippen molar-refractivity contribution < 1.29 is 4.79 Å². The molecule has 0 aromatic carbocycles. The highest BCUT2D eigenvalue weighted by Gasteiger charge is 2.67. The molecule has 4 N–H and O–H groups in total. The van der Waals surface area contributed by atoms with Gasteiger partial charge in [-0.05, 0) is 49.9 Å². The molecule has 5 heteroatoms. The van der Waals surface area contributed by atoms with Crippen LogP contribution in [-0.2, 0) is 4.79 Å². The second-order valence-electron chi connectivity index (χ2n) is 6.11. The van der Waals surface area contributed by atoms with E-state index in [-0.39, 0.29) is 11.8 Å². The van der Waals surface area contributed by atoms with Gasteiger partial charge in [-0.15, -0.1) is 0 Å². The first kappa shape index (κ1) is 10.4. The number of nitrogens with one attached hydrogen (secondary N) is 2. The molecule has 5 nitrogen and oxygen atoms in total. The van der Waals surface area contributed by atoms with E-state index in [0.29, 0.717) is 23.3 Å². The Balaban J connectivity index is 1.48. The van der Waals surface area contributed by atoms with Crippen molar-refractivity contribution in [3.8, 4) is 0 Å². The molecule has 3 fully saturated rings. The minimum atomic E-state index is 0.125. The minimum Gasteiger partial charge on any atom is -0.394 e. The summed E-state index contributed by atoms with van der Waals surface area (Å²) in [7, 11) is 0. The van der Waals surface area contributed by atoms with Gasteiger partial charge in [0.05, 0.1) is 11.4 Å². The Bertz CT molecular complexity index is 507. The van der Waals surface area contributed by atoms with Crippen LogP contribution in [0.2, 0.25) is 0 Å². The predicted molar refractivity (Wildman–Crippen MR) is 67.7 cm³/mol. The maximum absolute atomic E-state index is 12.2. The van der Waals surface area contributed by atoms with Crippen LogP contribution in [0.25, 0.3) is 0 Å². The fourth-order valence-electron chi connectivity index (χ4n) is 4.41. The zero-order valence-corrected chi connectivity index (χ0v) is 10.4. The van der Waals surface area contributed by atoms with Crippen molar-refractivity contribution in [2.24, 2.45) is 29.6 Å². The number of aromatic nitrogens is 2. The van der Waals surface area contributed by atoms with Gasteiger partial charge in [0, 0.05) is 5.92 Å². The number of rotatable bonds is 2. The molecule has 0 aliphatic heterocycles. The number of anilines is 2. The van der Waals surface area contributed by atoms with E-state index in [2.05, 4.69) is 15.5 Å². The van der Waals surface area contributed by atoms with Gasteiger partial charge in [-0.25, -0.2) is 0 Å². The lowest BCUT2D eigenvalue weighted by molar-refractivity contribution is -0.118. The molecule has 0 radical (unpaired) electrons. The minimum absolute atomic E-state index is 0.125. The molecule has 4 unspecified atom stereocenters. The number of fused-ring (bicyclic) bond motifs is 5. The van der Waals surface area contributed by atoms with Gasteiger partial charge in [0.1, 0.15) is 0 Å². The molecule has 4 rings (SSSR count). The van der Waals surface area contributed by atoms with Gasteiger partial charge in [-0.1, -0.05) is 0 Å². The lowest BCUT2D eigenvalue weighted by Crippen LogP contribution is -2.19. The maximum atomic E-state index is 12.2. The number of nitrogen functional groups attached to an aromatic ring is 1. The Kier molecular flexibility index (Phi) is 1.89. The van der Waals surface area contributed by atoms with Crippen LogP contribution in [0.15, 0.2) is 0 Å². The molecule has 0 saturated heterocycles. The SMILES string of the molecule is Cc1[nH]nc(NC(=O)C2C3C4CCC(C4)C23)c1N. The van der Waals surface area contributed by atoms with Crippen molar-refractivity contribution >= 4 is 17.4 Å². The summed E-state index contributed by atoms with van der Waals surface area (Å²) < 4.78 is 0. The predicted octanol–water partition coefficient (Wildman–Crippen LogP) is 1.53. The molecule has 3 saturated carbocycles. The van der Waals surface area contributed by atoms with Gasteiger partial charge in [0.15, 0.2) is 5.82 Å². The summed E-state index contributed by atoms with van der Waals surface area (Å²) in [5.74, 6) is 3.79. The highest BCUT2D eigenvalue weighted by Crippen LogP contribution is 2.69. The van der Waals surface area contributed by atoms with Crippen molar-refractivity contribution in [1.82, 2.24) is 10.2 Å². The average molecular weight is 246 g/mol. The first-order chi connectivity index (χ1) is 8.66. The Labute approximate surface area is 106 Å². The first-order valence-corrected chi connectivity index (χ1v) is 6.78. The van der Waals surface area contributed by atoms with Gasteiger partial charge in [-0.3, -0.25) is 9.89 Å². The fraction of sp³-hybridized carbons (Fsp3) is 0.692. The maximum Gasteiger partial charge on any atom is 0.229 e. The van der Waals surface area contributed by atoms with E-state index in [4.69, 9.17) is 5.73 Å². The van der Waals surface area contributed by atoms with Gasteiger partial charge in [0.25, 0.3) is 0 Å². The van der Waals surface area contributed by atoms with Crippen LogP contribution >= 0.6 is 0 Å². The van der Waals surface area contributed by atoms with Crippen LogP contribution in [-0.4, -0.2) is 16.1 Å². The smallest absolute Gasteiger partial charge is 0.229 e. The molecule has 2 bridgehead atoms. The zero-order chi connectivity index (χ0) is 12.4. The standard InChI is InChI=1S/C13H18N4O/c1-5-11(14)12(17-16-5)15-13(18)10-8-6-2-3-7(4-6)9(8)10/h6-10H,2-4,14H2,1H3,(H2,15,16,17,18). The number of nitrogens with two attached hydrogens (primary N) is 1. The molecule has 18 heavy (non-hydrogen) atoms. The summed E-state index contributed by atoms with van der Waals surface area (Å²) in [5.41, 5.74) is 7.21.